The molecule has 1 unspecified atom stereocenters. The van der Waals surface area contributed by atoms with Crippen molar-refractivity contribution >= 4 is 5.91 Å². The van der Waals surface area contributed by atoms with E-state index in [-0.39, 0.29) is 23.5 Å². The van der Waals surface area contributed by atoms with E-state index in [9.17, 15) is 9.18 Å². The second kappa shape index (κ2) is 5.92. The summed E-state index contributed by atoms with van der Waals surface area (Å²) in [5.41, 5.74) is 0.335. The molecule has 1 N–H and O–H groups in total. The Morgan fingerprint density at radius 1 is 1.29 bits per heavy atom. The number of amides is 1. The van der Waals surface area contributed by atoms with E-state index in [0.717, 1.165) is 18.7 Å². The van der Waals surface area contributed by atoms with Crippen molar-refractivity contribution in [2.75, 3.05) is 0 Å². The molecular formula is C17H15FN4O2. The number of halogens is 1. The number of hydrogen-bond donors (Lipinski definition) is 1. The molecule has 7 heteroatoms. The molecule has 0 saturated heterocycles. The first kappa shape index (κ1) is 14.6. The first-order chi connectivity index (χ1) is 11.7. The van der Waals surface area contributed by atoms with Gasteiger partial charge in [-0.2, -0.15) is 5.10 Å². The number of nitrogens with one attached hydrogen (secondary N) is 1. The van der Waals surface area contributed by atoms with E-state index < -0.39 is 0 Å². The Labute approximate surface area is 137 Å². The van der Waals surface area contributed by atoms with E-state index in [4.69, 9.17) is 4.42 Å². The number of aromatic nitrogens is 3. The highest BCUT2D eigenvalue weighted by molar-refractivity contribution is 5.92. The van der Waals surface area contributed by atoms with Crippen LogP contribution < -0.4 is 5.32 Å². The van der Waals surface area contributed by atoms with Crippen molar-refractivity contribution < 1.29 is 13.6 Å². The van der Waals surface area contributed by atoms with Gasteiger partial charge in [-0.1, -0.05) is 12.1 Å². The molecule has 1 aliphatic rings. The van der Waals surface area contributed by atoms with Crippen LogP contribution in [0.15, 0.2) is 47.1 Å². The number of hydrogen-bond acceptors (Lipinski definition) is 4. The summed E-state index contributed by atoms with van der Waals surface area (Å²) in [5, 5.41) is 7.06. The third-order valence-electron chi connectivity index (χ3n) is 4.11. The molecular weight excluding hydrogens is 311 g/mol. The molecule has 0 radical (unpaired) electrons. The monoisotopic (exact) mass is 326 g/mol. The third kappa shape index (κ3) is 2.68. The van der Waals surface area contributed by atoms with Gasteiger partial charge < -0.3 is 9.73 Å². The Hall–Kier alpha value is -2.96. The van der Waals surface area contributed by atoms with Crippen LogP contribution in [-0.2, 0) is 13.0 Å². The summed E-state index contributed by atoms with van der Waals surface area (Å²) >= 11 is 0. The van der Waals surface area contributed by atoms with E-state index in [1.165, 1.54) is 12.4 Å². The van der Waals surface area contributed by atoms with Crippen LogP contribution in [0.3, 0.4) is 0 Å². The van der Waals surface area contributed by atoms with E-state index in [1.807, 2.05) is 0 Å². The number of benzene rings is 1. The Morgan fingerprint density at radius 3 is 3.04 bits per heavy atom. The van der Waals surface area contributed by atoms with Gasteiger partial charge in [0.2, 0.25) is 0 Å². The molecule has 3 aromatic rings. The zero-order chi connectivity index (χ0) is 16.5. The SMILES string of the molecule is O=C(NC1CCc2ncnn2C1)c1ccc(-c2ccccc2F)o1. The van der Waals surface area contributed by atoms with Crippen molar-refractivity contribution in [2.24, 2.45) is 0 Å². The standard InChI is InChI=1S/C17H15FN4O2/c18-13-4-2-1-3-12(13)14-6-7-15(24-14)17(23)21-11-5-8-16-19-10-20-22(16)9-11/h1-4,6-7,10-11H,5,8-9H2,(H,21,23). The average molecular weight is 326 g/mol. The molecule has 1 atom stereocenters. The minimum absolute atomic E-state index is 0.0336. The van der Waals surface area contributed by atoms with Crippen LogP contribution in [0.1, 0.15) is 22.8 Å². The van der Waals surface area contributed by atoms with Gasteiger partial charge in [-0.3, -0.25) is 4.79 Å². The lowest BCUT2D eigenvalue weighted by Crippen LogP contribution is -2.41. The lowest BCUT2D eigenvalue weighted by Gasteiger charge is -2.23. The summed E-state index contributed by atoms with van der Waals surface area (Å²) in [4.78, 5) is 16.5. The quantitative estimate of drug-likeness (QED) is 0.802. The molecule has 4 rings (SSSR count). The fourth-order valence-electron chi connectivity index (χ4n) is 2.88. The molecule has 122 valence electrons. The van der Waals surface area contributed by atoms with Gasteiger partial charge in [0.15, 0.2) is 5.76 Å². The molecule has 2 aromatic heterocycles. The summed E-state index contributed by atoms with van der Waals surface area (Å²) in [6, 6.07) is 9.42. The second-order valence-corrected chi connectivity index (χ2v) is 5.71. The molecule has 1 amide bonds. The topological polar surface area (TPSA) is 73.0 Å². The van der Waals surface area contributed by atoms with Gasteiger partial charge in [-0.25, -0.2) is 14.1 Å². The number of carbonyl (C=O) groups is 1. The minimum Gasteiger partial charge on any atom is -0.451 e. The van der Waals surface area contributed by atoms with Crippen LogP contribution in [0.2, 0.25) is 0 Å². The smallest absolute Gasteiger partial charge is 0.287 e. The molecule has 0 fully saturated rings. The van der Waals surface area contributed by atoms with Crippen LogP contribution >= 0.6 is 0 Å². The van der Waals surface area contributed by atoms with Crippen molar-refractivity contribution in [1.29, 1.82) is 0 Å². The lowest BCUT2D eigenvalue weighted by molar-refractivity contribution is 0.0899. The van der Waals surface area contributed by atoms with Gasteiger partial charge in [0.25, 0.3) is 5.91 Å². The summed E-state index contributed by atoms with van der Waals surface area (Å²) in [7, 11) is 0. The highest BCUT2D eigenvalue weighted by atomic mass is 19.1. The van der Waals surface area contributed by atoms with Crippen LogP contribution in [0.4, 0.5) is 4.39 Å². The van der Waals surface area contributed by atoms with Crippen molar-refractivity contribution in [3.05, 3.63) is 60.1 Å². The zero-order valence-electron chi connectivity index (χ0n) is 12.8. The Balaban J connectivity index is 1.47. The van der Waals surface area contributed by atoms with Crippen LogP contribution in [-0.4, -0.2) is 26.7 Å². The predicted molar refractivity (Wildman–Crippen MR) is 83.7 cm³/mol. The van der Waals surface area contributed by atoms with Crippen molar-refractivity contribution in [1.82, 2.24) is 20.1 Å². The number of fused-ring (bicyclic) bond motifs is 1. The van der Waals surface area contributed by atoms with Crippen LogP contribution in [0, 0.1) is 5.82 Å². The highest BCUT2D eigenvalue weighted by Gasteiger charge is 2.23. The lowest BCUT2D eigenvalue weighted by atomic mass is 10.1. The molecule has 1 aromatic carbocycles. The zero-order valence-corrected chi connectivity index (χ0v) is 12.8. The predicted octanol–water partition coefficient (Wildman–Crippen LogP) is 2.42. The van der Waals surface area contributed by atoms with Gasteiger partial charge >= 0.3 is 0 Å². The largest absolute Gasteiger partial charge is 0.451 e. The minimum atomic E-state index is -0.384. The van der Waals surface area contributed by atoms with Gasteiger partial charge in [0.05, 0.1) is 12.1 Å². The number of carbonyl (C=O) groups excluding carboxylic acids is 1. The highest BCUT2D eigenvalue weighted by Crippen LogP contribution is 2.25. The maximum absolute atomic E-state index is 13.8. The summed E-state index contributed by atoms with van der Waals surface area (Å²) in [6.45, 7) is 0.585. The third-order valence-corrected chi connectivity index (χ3v) is 4.11. The fourth-order valence-corrected chi connectivity index (χ4v) is 2.88. The molecule has 0 aliphatic carbocycles. The van der Waals surface area contributed by atoms with E-state index >= 15 is 0 Å². The first-order valence-electron chi connectivity index (χ1n) is 7.73. The number of rotatable bonds is 3. The van der Waals surface area contributed by atoms with Gasteiger partial charge in [0.1, 0.15) is 23.7 Å². The molecule has 0 saturated carbocycles. The summed E-state index contributed by atoms with van der Waals surface area (Å²) < 4.78 is 21.1. The number of furan rings is 1. The van der Waals surface area contributed by atoms with Gasteiger partial charge in [0, 0.05) is 12.5 Å². The maximum atomic E-state index is 13.8. The number of nitrogens with zero attached hydrogens (tertiary/aromatic N) is 3. The van der Waals surface area contributed by atoms with Crippen molar-refractivity contribution in [2.45, 2.75) is 25.4 Å². The summed E-state index contributed by atoms with van der Waals surface area (Å²) in [5.74, 6) is 0.731. The molecule has 0 spiro atoms. The molecule has 6 nitrogen and oxygen atoms in total. The van der Waals surface area contributed by atoms with Gasteiger partial charge in [-0.15, -0.1) is 0 Å². The van der Waals surface area contributed by atoms with Gasteiger partial charge in [-0.05, 0) is 30.7 Å². The molecule has 24 heavy (non-hydrogen) atoms. The molecule has 1 aliphatic heterocycles. The summed E-state index contributed by atoms with van der Waals surface area (Å²) in [6.07, 6.45) is 3.08. The number of aryl methyl sites for hydroxylation is 1. The van der Waals surface area contributed by atoms with Crippen molar-refractivity contribution in [3.63, 3.8) is 0 Å². The fraction of sp³-hybridized carbons (Fsp3) is 0.235. The maximum Gasteiger partial charge on any atom is 0.287 e. The van der Waals surface area contributed by atoms with E-state index in [2.05, 4.69) is 15.4 Å². The Morgan fingerprint density at radius 2 is 2.17 bits per heavy atom. The Kier molecular flexibility index (Phi) is 3.60. The van der Waals surface area contributed by atoms with E-state index in [1.54, 1.807) is 35.0 Å². The van der Waals surface area contributed by atoms with E-state index in [0.29, 0.717) is 17.9 Å². The van der Waals surface area contributed by atoms with Crippen molar-refractivity contribution in [3.8, 4) is 11.3 Å². The Bertz CT molecular complexity index is 886. The normalized spacial score (nSPS) is 16.6. The van der Waals surface area contributed by atoms with Crippen LogP contribution in [0.5, 0.6) is 0 Å². The second-order valence-electron chi connectivity index (χ2n) is 5.71. The average Bonchev–Trinajstić information content (AvgIpc) is 3.24. The van der Waals surface area contributed by atoms with Crippen LogP contribution in [0.25, 0.3) is 11.3 Å². The molecule has 0 bridgehead atoms. The molecule has 3 heterocycles. The first-order valence-corrected chi connectivity index (χ1v) is 7.73.